The van der Waals surface area contributed by atoms with Crippen LogP contribution < -0.4 is 0 Å². The van der Waals surface area contributed by atoms with Gasteiger partial charge in [0.2, 0.25) is 0 Å². The standard InChI is InChI=1S/C44H44N4/c45-27-29-19-22-34(23-20-29)47-41-17-5-2-12-36(41)38-15-8-14-35(44(38)47)32-11-7-10-30(25-32)31-21-24-43-39(26-31)37-13-3-6-18-42(37)48(43)40-16-4-1-9-33(40)28-46/h1-5,9,12-13,15,17,19,21-22,24,26,30,32,36,39-41,43H,6-8,10-11,14,16,18,20,23,25H2. The van der Waals surface area contributed by atoms with E-state index in [-0.39, 0.29) is 6.04 Å². The van der Waals surface area contributed by atoms with Crippen LogP contribution in [0.5, 0.6) is 0 Å². The van der Waals surface area contributed by atoms with Gasteiger partial charge in [0.1, 0.15) is 0 Å². The number of rotatable bonds is 4. The number of hydrogen-bond acceptors (Lipinski definition) is 4. The first-order valence-electron chi connectivity index (χ1n) is 18.5. The lowest BCUT2D eigenvalue weighted by Gasteiger charge is -2.40. The molecular formula is C44H44N4. The Morgan fingerprint density at radius 3 is 2.56 bits per heavy atom. The van der Waals surface area contributed by atoms with Crippen molar-refractivity contribution < 1.29 is 0 Å². The molecule has 9 rings (SSSR count). The molecule has 4 nitrogen and oxygen atoms in total. The first-order valence-corrected chi connectivity index (χ1v) is 18.5. The summed E-state index contributed by atoms with van der Waals surface area (Å²) in [5.74, 6) is 1.95. The molecule has 0 spiro atoms. The molecule has 0 N–H and O–H groups in total. The van der Waals surface area contributed by atoms with Crippen molar-refractivity contribution in [3.63, 3.8) is 0 Å². The van der Waals surface area contributed by atoms with E-state index in [2.05, 4.69) is 101 Å². The molecule has 0 bridgehead atoms. The number of fused-ring (bicyclic) bond motifs is 5. The predicted octanol–water partition coefficient (Wildman–Crippen LogP) is 9.50. The summed E-state index contributed by atoms with van der Waals surface area (Å²) in [5, 5.41) is 19.5. The van der Waals surface area contributed by atoms with E-state index >= 15 is 0 Å². The Hall–Kier alpha value is -4.54. The molecule has 0 aromatic rings. The summed E-state index contributed by atoms with van der Waals surface area (Å²) in [6.07, 6.45) is 47.0. The second kappa shape index (κ2) is 12.2. The van der Waals surface area contributed by atoms with Crippen molar-refractivity contribution in [2.75, 3.05) is 0 Å². The fraction of sp³-hybridized carbons (Fsp3) is 0.409. The number of likely N-dealkylation sites (tertiary alicyclic amines) is 1. The molecule has 240 valence electrons. The Balaban J connectivity index is 1.03. The fourth-order valence-corrected chi connectivity index (χ4v) is 10.4. The van der Waals surface area contributed by atoms with Crippen LogP contribution in [-0.2, 0) is 0 Å². The number of nitriles is 2. The lowest BCUT2D eigenvalue weighted by molar-refractivity contribution is 0.236. The van der Waals surface area contributed by atoms with E-state index in [4.69, 9.17) is 0 Å². The van der Waals surface area contributed by atoms with Gasteiger partial charge in [0.25, 0.3) is 0 Å². The van der Waals surface area contributed by atoms with Crippen molar-refractivity contribution in [1.82, 2.24) is 9.80 Å². The third-order valence-electron chi connectivity index (χ3n) is 12.6. The zero-order valence-corrected chi connectivity index (χ0v) is 27.8. The van der Waals surface area contributed by atoms with Gasteiger partial charge in [0.15, 0.2) is 0 Å². The largest absolute Gasteiger partial charge is 0.359 e. The second-order valence-corrected chi connectivity index (χ2v) is 15.0. The number of hydrogen-bond donors (Lipinski definition) is 0. The minimum absolute atomic E-state index is 0.135. The molecule has 2 fully saturated rings. The zero-order valence-electron chi connectivity index (χ0n) is 27.8. The summed E-state index contributed by atoms with van der Waals surface area (Å²) in [7, 11) is 0. The third kappa shape index (κ3) is 4.76. The molecule has 7 atom stereocenters. The molecule has 0 aromatic carbocycles. The maximum absolute atomic E-state index is 10.0. The van der Waals surface area contributed by atoms with Gasteiger partial charge in [0, 0.05) is 34.5 Å². The van der Waals surface area contributed by atoms with Crippen LogP contribution in [0.1, 0.15) is 70.6 Å². The van der Waals surface area contributed by atoms with Crippen LogP contribution >= 0.6 is 0 Å². The van der Waals surface area contributed by atoms with Crippen molar-refractivity contribution in [3.8, 4) is 12.1 Å². The maximum Gasteiger partial charge on any atom is 0.0969 e. The molecule has 1 saturated heterocycles. The first-order chi connectivity index (χ1) is 23.7. The van der Waals surface area contributed by atoms with E-state index < -0.39 is 0 Å². The summed E-state index contributed by atoms with van der Waals surface area (Å²) in [5.41, 5.74) is 12.4. The monoisotopic (exact) mass is 628 g/mol. The highest BCUT2D eigenvalue weighted by Crippen LogP contribution is 2.53. The molecule has 2 heterocycles. The van der Waals surface area contributed by atoms with Gasteiger partial charge in [-0.05, 0) is 117 Å². The van der Waals surface area contributed by atoms with Crippen LogP contribution in [0.3, 0.4) is 0 Å². The minimum atomic E-state index is 0.135. The van der Waals surface area contributed by atoms with Gasteiger partial charge in [-0.25, -0.2) is 0 Å². The van der Waals surface area contributed by atoms with Crippen molar-refractivity contribution in [1.29, 1.82) is 10.5 Å². The molecular weight excluding hydrogens is 585 g/mol. The molecule has 7 aliphatic carbocycles. The van der Waals surface area contributed by atoms with E-state index in [1.165, 1.54) is 59.5 Å². The second-order valence-electron chi connectivity index (χ2n) is 15.0. The third-order valence-corrected chi connectivity index (χ3v) is 12.6. The van der Waals surface area contributed by atoms with Gasteiger partial charge in [0.05, 0.1) is 35.8 Å². The Morgan fingerprint density at radius 2 is 1.69 bits per heavy atom. The van der Waals surface area contributed by atoms with Crippen LogP contribution in [0.2, 0.25) is 0 Å². The van der Waals surface area contributed by atoms with Gasteiger partial charge in [-0.15, -0.1) is 0 Å². The topological polar surface area (TPSA) is 54.1 Å². The molecule has 4 heteroatoms. The van der Waals surface area contributed by atoms with E-state index in [0.717, 1.165) is 56.1 Å². The van der Waals surface area contributed by atoms with E-state index in [9.17, 15) is 10.5 Å². The molecule has 0 radical (unpaired) electrons. The molecule has 48 heavy (non-hydrogen) atoms. The Bertz CT molecular complexity index is 1880. The summed E-state index contributed by atoms with van der Waals surface area (Å²) >= 11 is 0. The van der Waals surface area contributed by atoms with Crippen LogP contribution in [0, 0.1) is 46.3 Å². The normalized spacial score (nSPS) is 34.7. The summed E-state index contributed by atoms with van der Waals surface area (Å²) in [4.78, 5) is 5.30. The van der Waals surface area contributed by atoms with Crippen molar-refractivity contribution in [3.05, 3.63) is 142 Å². The lowest BCUT2D eigenvalue weighted by atomic mass is 9.70. The molecule has 9 aliphatic rings. The van der Waals surface area contributed by atoms with Crippen LogP contribution in [0.25, 0.3) is 0 Å². The Kier molecular flexibility index (Phi) is 7.50. The molecule has 2 aliphatic heterocycles. The van der Waals surface area contributed by atoms with Crippen molar-refractivity contribution >= 4 is 0 Å². The highest BCUT2D eigenvalue weighted by molar-refractivity contribution is 5.54. The average molecular weight is 629 g/mol. The number of nitrogens with zero attached hydrogens (tertiary/aromatic N) is 4. The quantitative estimate of drug-likeness (QED) is 0.311. The van der Waals surface area contributed by atoms with Crippen LogP contribution in [-0.4, -0.2) is 27.9 Å². The number of allylic oxidation sites excluding steroid dienone is 16. The summed E-state index contributed by atoms with van der Waals surface area (Å²) in [6, 6.07) is 5.68. The van der Waals surface area contributed by atoms with Gasteiger partial charge in [-0.1, -0.05) is 79.3 Å². The SMILES string of the molecule is N#CC1=CC=C(N2C3=C(C4CCCC(C5=CC6C7=C(CCC=C7)N(C7CC=CC=C7C#N)C6C=C5)C4)CCC=C3C3C=CC=CC32)CC1. The average Bonchev–Trinajstić information content (AvgIpc) is 3.67. The molecule has 0 aromatic heterocycles. The lowest BCUT2D eigenvalue weighted by Crippen LogP contribution is -2.42. The van der Waals surface area contributed by atoms with Crippen molar-refractivity contribution in [2.45, 2.75) is 88.8 Å². The van der Waals surface area contributed by atoms with Gasteiger partial charge in [-0.3, -0.25) is 0 Å². The predicted molar refractivity (Wildman–Crippen MR) is 191 cm³/mol. The van der Waals surface area contributed by atoms with Gasteiger partial charge in [-0.2, -0.15) is 10.5 Å². The van der Waals surface area contributed by atoms with E-state index in [1.54, 1.807) is 5.57 Å². The maximum atomic E-state index is 10.0. The van der Waals surface area contributed by atoms with Crippen molar-refractivity contribution in [2.24, 2.45) is 23.7 Å². The molecule has 1 saturated carbocycles. The smallest absolute Gasteiger partial charge is 0.0969 e. The van der Waals surface area contributed by atoms with Gasteiger partial charge >= 0.3 is 0 Å². The summed E-state index contributed by atoms with van der Waals surface area (Å²) in [6.45, 7) is 0. The fourth-order valence-electron chi connectivity index (χ4n) is 10.4. The molecule has 7 unspecified atom stereocenters. The minimum Gasteiger partial charge on any atom is -0.359 e. The van der Waals surface area contributed by atoms with Crippen LogP contribution in [0.15, 0.2) is 142 Å². The van der Waals surface area contributed by atoms with E-state index in [0.29, 0.717) is 35.8 Å². The molecule has 0 amide bonds. The summed E-state index contributed by atoms with van der Waals surface area (Å²) < 4.78 is 0. The van der Waals surface area contributed by atoms with Gasteiger partial charge < -0.3 is 9.80 Å². The first kappa shape index (κ1) is 29.6. The Morgan fingerprint density at radius 1 is 0.771 bits per heavy atom. The highest BCUT2D eigenvalue weighted by Gasteiger charge is 2.46. The highest BCUT2D eigenvalue weighted by atomic mass is 15.2. The van der Waals surface area contributed by atoms with Crippen LogP contribution in [0.4, 0.5) is 0 Å². The van der Waals surface area contributed by atoms with E-state index in [1.807, 2.05) is 12.2 Å². The zero-order chi connectivity index (χ0) is 32.2. The Labute approximate surface area is 285 Å².